The molecular weight excluding hydrogens is 300 g/mol. The SMILES string of the molecule is CCCN1CCC(N2CCO[C@H](Cc3cccc(OC)c3)C2)CC1. The van der Waals surface area contributed by atoms with Crippen LogP contribution in [0.5, 0.6) is 5.75 Å². The van der Waals surface area contributed by atoms with E-state index in [0.29, 0.717) is 6.10 Å². The summed E-state index contributed by atoms with van der Waals surface area (Å²) in [5, 5.41) is 0. The van der Waals surface area contributed by atoms with Crippen LogP contribution in [-0.2, 0) is 11.2 Å². The number of morpholine rings is 1. The Morgan fingerprint density at radius 1 is 1.21 bits per heavy atom. The lowest BCUT2D eigenvalue weighted by Crippen LogP contribution is -2.52. The third-order valence-corrected chi connectivity index (χ3v) is 5.38. The highest BCUT2D eigenvalue weighted by molar-refractivity contribution is 5.28. The first-order valence-electron chi connectivity index (χ1n) is 9.49. The van der Waals surface area contributed by atoms with Crippen LogP contribution in [0.3, 0.4) is 0 Å². The fourth-order valence-corrected chi connectivity index (χ4v) is 4.08. The van der Waals surface area contributed by atoms with E-state index in [1.165, 1.54) is 44.5 Å². The van der Waals surface area contributed by atoms with Crippen LogP contribution in [0.2, 0.25) is 0 Å². The maximum Gasteiger partial charge on any atom is 0.119 e. The molecule has 4 nitrogen and oxygen atoms in total. The predicted molar refractivity (Wildman–Crippen MR) is 97.8 cm³/mol. The molecule has 134 valence electrons. The summed E-state index contributed by atoms with van der Waals surface area (Å²) in [4.78, 5) is 5.29. The summed E-state index contributed by atoms with van der Waals surface area (Å²) in [6.07, 6.45) is 5.17. The van der Waals surface area contributed by atoms with E-state index in [1.807, 2.05) is 6.07 Å². The standard InChI is InChI=1S/C20H32N2O2/c1-3-9-21-10-7-18(8-11-21)22-12-13-24-20(16-22)15-17-5-4-6-19(14-17)23-2/h4-6,14,18,20H,3,7-13,15-16H2,1-2H3/t20-/m1/s1. The van der Waals surface area contributed by atoms with Crippen molar-refractivity contribution in [2.45, 2.75) is 44.8 Å². The van der Waals surface area contributed by atoms with Crippen molar-refractivity contribution in [2.24, 2.45) is 0 Å². The normalized spacial score (nSPS) is 24.2. The number of rotatable bonds is 6. The van der Waals surface area contributed by atoms with Gasteiger partial charge >= 0.3 is 0 Å². The lowest BCUT2D eigenvalue weighted by molar-refractivity contribution is -0.0511. The highest BCUT2D eigenvalue weighted by Gasteiger charge is 2.29. The second kappa shape index (κ2) is 8.84. The van der Waals surface area contributed by atoms with E-state index in [9.17, 15) is 0 Å². The van der Waals surface area contributed by atoms with Crippen LogP contribution in [-0.4, -0.2) is 68.4 Å². The van der Waals surface area contributed by atoms with E-state index < -0.39 is 0 Å². The van der Waals surface area contributed by atoms with E-state index in [1.54, 1.807) is 7.11 Å². The molecule has 0 aliphatic carbocycles. The second-order valence-electron chi connectivity index (χ2n) is 7.12. The van der Waals surface area contributed by atoms with Crippen molar-refractivity contribution in [3.63, 3.8) is 0 Å². The zero-order valence-electron chi connectivity index (χ0n) is 15.2. The fourth-order valence-electron chi connectivity index (χ4n) is 4.08. The van der Waals surface area contributed by atoms with E-state index >= 15 is 0 Å². The Morgan fingerprint density at radius 3 is 2.79 bits per heavy atom. The second-order valence-corrected chi connectivity index (χ2v) is 7.12. The minimum atomic E-state index is 0.305. The molecule has 0 N–H and O–H groups in total. The molecule has 0 aromatic heterocycles. The summed E-state index contributed by atoms with van der Waals surface area (Å²) < 4.78 is 11.4. The largest absolute Gasteiger partial charge is 0.497 e. The van der Waals surface area contributed by atoms with Gasteiger partial charge in [0.25, 0.3) is 0 Å². The van der Waals surface area contributed by atoms with Gasteiger partial charge in [-0.1, -0.05) is 19.1 Å². The highest BCUT2D eigenvalue weighted by atomic mass is 16.5. The Bertz CT molecular complexity index is 500. The minimum Gasteiger partial charge on any atom is -0.497 e. The molecule has 0 bridgehead atoms. The molecule has 3 rings (SSSR count). The summed E-state index contributed by atoms with van der Waals surface area (Å²) >= 11 is 0. The number of likely N-dealkylation sites (tertiary alicyclic amines) is 1. The van der Waals surface area contributed by atoms with Gasteiger partial charge in [-0.2, -0.15) is 0 Å². The molecule has 0 unspecified atom stereocenters. The van der Waals surface area contributed by atoms with Crippen LogP contribution in [0.15, 0.2) is 24.3 Å². The van der Waals surface area contributed by atoms with Crippen molar-refractivity contribution in [1.29, 1.82) is 0 Å². The fraction of sp³-hybridized carbons (Fsp3) is 0.700. The molecule has 2 saturated heterocycles. The molecule has 24 heavy (non-hydrogen) atoms. The number of methoxy groups -OCH3 is 1. The zero-order chi connectivity index (χ0) is 16.8. The van der Waals surface area contributed by atoms with Crippen LogP contribution in [0, 0.1) is 0 Å². The van der Waals surface area contributed by atoms with Crippen LogP contribution in [0.4, 0.5) is 0 Å². The zero-order valence-corrected chi connectivity index (χ0v) is 15.2. The number of hydrogen-bond donors (Lipinski definition) is 0. The number of benzene rings is 1. The number of hydrogen-bond acceptors (Lipinski definition) is 4. The van der Waals surface area contributed by atoms with Crippen molar-refractivity contribution in [2.75, 3.05) is 46.4 Å². The summed E-state index contributed by atoms with van der Waals surface area (Å²) in [7, 11) is 1.73. The van der Waals surface area contributed by atoms with Gasteiger partial charge in [-0.15, -0.1) is 0 Å². The molecule has 2 aliphatic heterocycles. The minimum absolute atomic E-state index is 0.305. The lowest BCUT2D eigenvalue weighted by atomic mass is 10.00. The number of piperidine rings is 1. The Balaban J connectivity index is 1.51. The highest BCUT2D eigenvalue weighted by Crippen LogP contribution is 2.22. The first kappa shape index (κ1) is 17.7. The topological polar surface area (TPSA) is 24.9 Å². The first-order chi connectivity index (χ1) is 11.8. The molecular formula is C20H32N2O2. The molecule has 1 aromatic carbocycles. The molecule has 2 fully saturated rings. The van der Waals surface area contributed by atoms with Gasteiger partial charge in [0.05, 0.1) is 19.8 Å². The number of nitrogens with zero attached hydrogens (tertiary/aromatic N) is 2. The number of ether oxygens (including phenoxy) is 2. The monoisotopic (exact) mass is 332 g/mol. The van der Waals surface area contributed by atoms with E-state index in [-0.39, 0.29) is 0 Å². The summed E-state index contributed by atoms with van der Waals surface area (Å²) in [5.41, 5.74) is 1.30. The van der Waals surface area contributed by atoms with Crippen molar-refractivity contribution in [3.8, 4) is 5.75 Å². The third-order valence-electron chi connectivity index (χ3n) is 5.38. The molecule has 1 atom stereocenters. The lowest BCUT2D eigenvalue weighted by Gasteiger charge is -2.42. The van der Waals surface area contributed by atoms with Gasteiger partial charge in [-0.05, 0) is 56.6 Å². The molecule has 2 aliphatic rings. The predicted octanol–water partition coefficient (Wildman–Crippen LogP) is 2.81. The van der Waals surface area contributed by atoms with Crippen molar-refractivity contribution in [1.82, 2.24) is 9.80 Å². The van der Waals surface area contributed by atoms with Gasteiger partial charge in [0.2, 0.25) is 0 Å². The Morgan fingerprint density at radius 2 is 2.04 bits per heavy atom. The summed E-state index contributed by atoms with van der Waals surface area (Å²) in [6.45, 7) is 9.07. The van der Waals surface area contributed by atoms with Crippen LogP contribution >= 0.6 is 0 Å². The van der Waals surface area contributed by atoms with Crippen molar-refractivity contribution < 1.29 is 9.47 Å². The van der Waals surface area contributed by atoms with Gasteiger partial charge < -0.3 is 14.4 Å². The molecule has 0 spiro atoms. The molecule has 0 saturated carbocycles. The Kier molecular flexibility index (Phi) is 6.52. The van der Waals surface area contributed by atoms with Gasteiger partial charge in [0, 0.05) is 25.6 Å². The quantitative estimate of drug-likeness (QED) is 0.800. The van der Waals surface area contributed by atoms with E-state index in [4.69, 9.17) is 9.47 Å². The molecule has 0 radical (unpaired) electrons. The Labute approximate surface area is 146 Å². The summed E-state index contributed by atoms with van der Waals surface area (Å²) in [5.74, 6) is 0.934. The van der Waals surface area contributed by atoms with Gasteiger partial charge in [0.1, 0.15) is 5.75 Å². The van der Waals surface area contributed by atoms with Gasteiger partial charge in [-0.25, -0.2) is 0 Å². The van der Waals surface area contributed by atoms with Gasteiger partial charge in [-0.3, -0.25) is 4.90 Å². The van der Waals surface area contributed by atoms with Crippen LogP contribution in [0.25, 0.3) is 0 Å². The Hall–Kier alpha value is -1.10. The summed E-state index contributed by atoms with van der Waals surface area (Å²) in [6, 6.07) is 9.12. The molecule has 0 amide bonds. The average Bonchev–Trinajstić information content (AvgIpc) is 2.63. The van der Waals surface area contributed by atoms with Crippen LogP contribution < -0.4 is 4.74 Å². The van der Waals surface area contributed by atoms with Crippen molar-refractivity contribution in [3.05, 3.63) is 29.8 Å². The van der Waals surface area contributed by atoms with Crippen LogP contribution in [0.1, 0.15) is 31.7 Å². The third kappa shape index (κ3) is 4.71. The first-order valence-corrected chi connectivity index (χ1v) is 9.49. The maximum absolute atomic E-state index is 6.04. The van der Waals surface area contributed by atoms with E-state index in [0.717, 1.165) is 37.9 Å². The van der Waals surface area contributed by atoms with E-state index in [2.05, 4.69) is 34.9 Å². The smallest absolute Gasteiger partial charge is 0.119 e. The molecule has 4 heteroatoms. The molecule has 2 heterocycles. The average molecular weight is 332 g/mol. The van der Waals surface area contributed by atoms with Crippen molar-refractivity contribution >= 4 is 0 Å². The maximum atomic E-state index is 6.04. The van der Waals surface area contributed by atoms with Gasteiger partial charge in [0.15, 0.2) is 0 Å². The molecule has 1 aromatic rings.